The lowest BCUT2D eigenvalue weighted by molar-refractivity contribution is -0.135. The number of methoxy groups -OCH3 is 1. The molecule has 7 nitrogen and oxygen atoms in total. The summed E-state index contributed by atoms with van der Waals surface area (Å²) < 4.78 is 7.94. The summed E-state index contributed by atoms with van der Waals surface area (Å²) in [6.07, 6.45) is 1.15. The fourth-order valence-electron chi connectivity index (χ4n) is 5.48. The zero-order valence-corrected chi connectivity index (χ0v) is 24.1. The molecule has 8 heteroatoms. The number of aromatic nitrogens is 2. The molecule has 39 heavy (non-hydrogen) atoms. The Kier molecular flexibility index (Phi) is 8.14. The average Bonchev–Trinajstić information content (AvgIpc) is 2.95. The van der Waals surface area contributed by atoms with E-state index in [9.17, 15) is 9.59 Å². The third kappa shape index (κ3) is 5.63. The minimum atomic E-state index is -0.0766. The van der Waals surface area contributed by atoms with E-state index in [1.165, 1.54) is 0 Å². The summed E-state index contributed by atoms with van der Waals surface area (Å²) in [5.41, 5.74) is 2.39. The Balaban J connectivity index is 1.42. The van der Waals surface area contributed by atoms with E-state index in [4.69, 9.17) is 9.72 Å². The molecular formula is C31H33BrN4O3. The Morgan fingerprint density at radius 3 is 2.44 bits per heavy atom. The van der Waals surface area contributed by atoms with E-state index >= 15 is 0 Å². The van der Waals surface area contributed by atoms with Gasteiger partial charge in [-0.1, -0.05) is 47.1 Å². The maximum Gasteiger partial charge on any atom is 0.266 e. The van der Waals surface area contributed by atoms with Gasteiger partial charge in [0.25, 0.3) is 5.56 Å². The van der Waals surface area contributed by atoms with E-state index in [2.05, 4.69) is 34.7 Å². The van der Waals surface area contributed by atoms with E-state index in [1.807, 2.05) is 77.7 Å². The first kappa shape index (κ1) is 27.1. The molecule has 3 aromatic carbocycles. The van der Waals surface area contributed by atoms with Gasteiger partial charge in [-0.05, 0) is 67.4 Å². The van der Waals surface area contributed by atoms with E-state index < -0.39 is 0 Å². The van der Waals surface area contributed by atoms with Crippen LogP contribution >= 0.6 is 15.9 Å². The van der Waals surface area contributed by atoms with Gasteiger partial charge in [-0.3, -0.25) is 19.1 Å². The molecule has 0 N–H and O–H groups in total. The minimum absolute atomic E-state index is 0.0341. The predicted octanol–water partition coefficient (Wildman–Crippen LogP) is 5.38. The van der Waals surface area contributed by atoms with E-state index in [1.54, 1.807) is 11.7 Å². The Bertz CT molecular complexity index is 1520. The maximum absolute atomic E-state index is 13.8. The van der Waals surface area contributed by atoms with E-state index in [0.29, 0.717) is 37.0 Å². The van der Waals surface area contributed by atoms with Crippen LogP contribution in [0, 0.1) is 0 Å². The Labute approximate surface area is 237 Å². The first-order chi connectivity index (χ1) is 18.9. The fourth-order valence-corrected chi connectivity index (χ4v) is 5.74. The van der Waals surface area contributed by atoms with Crippen LogP contribution in [0.1, 0.15) is 37.7 Å². The number of carbonyl (C=O) groups is 1. The molecule has 0 spiro atoms. The van der Waals surface area contributed by atoms with Crippen LogP contribution < -0.4 is 10.3 Å². The number of amides is 1. The van der Waals surface area contributed by atoms with E-state index in [-0.39, 0.29) is 23.6 Å². The van der Waals surface area contributed by atoms with Gasteiger partial charge in [-0.25, -0.2) is 4.98 Å². The van der Waals surface area contributed by atoms with Crippen LogP contribution in [0.3, 0.4) is 0 Å². The summed E-state index contributed by atoms with van der Waals surface area (Å²) in [5, 5.41) is 0.598. The molecule has 2 atom stereocenters. The summed E-state index contributed by atoms with van der Waals surface area (Å²) in [6, 6.07) is 22.9. The summed E-state index contributed by atoms with van der Waals surface area (Å²) in [7, 11) is 1.64. The first-order valence-electron chi connectivity index (χ1n) is 13.3. The lowest BCUT2D eigenvalue weighted by Gasteiger charge is -2.43. The van der Waals surface area contributed by atoms with Crippen LogP contribution in [0.2, 0.25) is 0 Å². The van der Waals surface area contributed by atoms with Crippen LogP contribution in [0.15, 0.2) is 82.1 Å². The molecule has 202 valence electrons. The van der Waals surface area contributed by atoms with Gasteiger partial charge in [-0.15, -0.1) is 0 Å². The second-order valence-electron chi connectivity index (χ2n) is 9.98. The van der Waals surface area contributed by atoms with Crippen molar-refractivity contribution in [3.63, 3.8) is 0 Å². The average molecular weight is 590 g/mol. The topological polar surface area (TPSA) is 67.7 Å². The number of hydrogen-bond donors (Lipinski definition) is 0. The van der Waals surface area contributed by atoms with Crippen molar-refractivity contribution in [3.8, 4) is 11.4 Å². The van der Waals surface area contributed by atoms with Crippen LogP contribution in [0.4, 0.5) is 0 Å². The Morgan fingerprint density at radius 2 is 1.77 bits per heavy atom. The molecule has 0 radical (unpaired) electrons. The van der Waals surface area contributed by atoms with Crippen molar-refractivity contribution < 1.29 is 9.53 Å². The second kappa shape index (κ2) is 11.7. The Morgan fingerprint density at radius 1 is 1.05 bits per heavy atom. The number of benzene rings is 3. The van der Waals surface area contributed by atoms with Gasteiger partial charge < -0.3 is 9.64 Å². The van der Waals surface area contributed by atoms with Crippen LogP contribution in [0.5, 0.6) is 5.75 Å². The monoisotopic (exact) mass is 588 g/mol. The number of piperazine rings is 1. The molecule has 1 aliphatic rings. The van der Waals surface area contributed by atoms with Crippen molar-refractivity contribution in [1.82, 2.24) is 19.4 Å². The standard InChI is InChI=1S/C31H33BrN4O3/c1-4-28(34-17-18-35(21(2)20-34)29(37)19-22-9-15-25(39-3)16-10-22)30-33-27-8-6-5-7-26(27)31(38)36(30)24-13-11-23(32)12-14-24/h5-16,21,28H,4,17-20H2,1-3H3. The number of ether oxygens (including phenoxy) is 1. The third-order valence-electron chi connectivity index (χ3n) is 7.51. The van der Waals surface area contributed by atoms with Crippen molar-refractivity contribution in [2.45, 2.75) is 38.8 Å². The summed E-state index contributed by atoms with van der Waals surface area (Å²) in [5.74, 6) is 1.63. The van der Waals surface area contributed by atoms with Gasteiger partial charge in [0.1, 0.15) is 11.6 Å². The van der Waals surface area contributed by atoms with Gasteiger partial charge in [-0.2, -0.15) is 0 Å². The van der Waals surface area contributed by atoms with Gasteiger partial charge in [0.2, 0.25) is 5.91 Å². The molecule has 2 unspecified atom stereocenters. The molecule has 0 bridgehead atoms. The molecule has 2 heterocycles. The fraction of sp³-hybridized carbons (Fsp3) is 0.323. The van der Waals surface area contributed by atoms with Crippen molar-refractivity contribution in [2.75, 3.05) is 26.7 Å². The van der Waals surface area contributed by atoms with Gasteiger partial charge in [0.05, 0.1) is 36.2 Å². The number of hydrogen-bond acceptors (Lipinski definition) is 5. The van der Waals surface area contributed by atoms with Crippen LogP contribution in [-0.4, -0.2) is 58.0 Å². The van der Waals surface area contributed by atoms with Crippen molar-refractivity contribution in [1.29, 1.82) is 0 Å². The molecule has 1 saturated heterocycles. The van der Waals surface area contributed by atoms with Gasteiger partial charge >= 0.3 is 0 Å². The number of fused-ring (bicyclic) bond motifs is 1. The van der Waals surface area contributed by atoms with Crippen molar-refractivity contribution >= 4 is 32.7 Å². The normalized spacial score (nSPS) is 16.8. The molecule has 4 aromatic rings. The molecule has 1 fully saturated rings. The SMILES string of the molecule is CCC(c1nc2ccccc2c(=O)n1-c1ccc(Br)cc1)N1CCN(C(=O)Cc2ccc(OC)cc2)C(C)C1. The van der Waals surface area contributed by atoms with Gasteiger partial charge in [0.15, 0.2) is 0 Å². The van der Waals surface area contributed by atoms with Gasteiger partial charge in [0, 0.05) is 30.1 Å². The maximum atomic E-state index is 13.8. The molecule has 1 amide bonds. The quantitative estimate of drug-likeness (QED) is 0.290. The van der Waals surface area contributed by atoms with Crippen LogP contribution in [0.25, 0.3) is 16.6 Å². The number of rotatable bonds is 7. The highest BCUT2D eigenvalue weighted by molar-refractivity contribution is 9.10. The highest BCUT2D eigenvalue weighted by Crippen LogP contribution is 2.29. The zero-order valence-electron chi connectivity index (χ0n) is 22.5. The second-order valence-corrected chi connectivity index (χ2v) is 10.9. The summed E-state index contributed by atoms with van der Waals surface area (Å²) in [4.78, 5) is 36.4. The summed E-state index contributed by atoms with van der Waals surface area (Å²) in [6.45, 7) is 6.27. The largest absolute Gasteiger partial charge is 0.497 e. The third-order valence-corrected chi connectivity index (χ3v) is 8.03. The van der Waals surface area contributed by atoms with E-state index in [0.717, 1.165) is 33.7 Å². The first-order valence-corrected chi connectivity index (χ1v) is 14.1. The van der Waals surface area contributed by atoms with Crippen molar-refractivity contribution in [2.24, 2.45) is 0 Å². The molecular weight excluding hydrogens is 556 g/mol. The number of nitrogens with zero attached hydrogens (tertiary/aromatic N) is 4. The highest BCUT2D eigenvalue weighted by Gasteiger charge is 2.33. The van der Waals surface area contributed by atoms with Crippen LogP contribution in [-0.2, 0) is 11.2 Å². The predicted molar refractivity (Wildman–Crippen MR) is 158 cm³/mol. The molecule has 1 aromatic heterocycles. The number of halogens is 1. The summed E-state index contributed by atoms with van der Waals surface area (Å²) >= 11 is 3.50. The molecule has 0 aliphatic carbocycles. The highest BCUT2D eigenvalue weighted by atomic mass is 79.9. The smallest absolute Gasteiger partial charge is 0.266 e. The minimum Gasteiger partial charge on any atom is -0.497 e. The lowest BCUT2D eigenvalue weighted by atomic mass is 10.0. The molecule has 1 aliphatic heterocycles. The molecule has 0 saturated carbocycles. The Hall–Kier alpha value is -3.49. The van der Waals surface area contributed by atoms with Crippen molar-refractivity contribution in [3.05, 3.63) is 99.0 Å². The zero-order chi connectivity index (χ0) is 27.5. The number of para-hydroxylation sites is 1. The lowest BCUT2D eigenvalue weighted by Crippen LogP contribution is -2.55. The number of carbonyl (C=O) groups excluding carboxylic acids is 1. The molecule has 5 rings (SSSR count).